The van der Waals surface area contributed by atoms with Crippen LogP contribution in [0.5, 0.6) is 0 Å². The molecule has 0 aliphatic heterocycles. The summed E-state index contributed by atoms with van der Waals surface area (Å²) in [6.07, 6.45) is 6.09. The van der Waals surface area contributed by atoms with Crippen molar-refractivity contribution in [2.24, 2.45) is 0 Å². The second kappa shape index (κ2) is 4.71. The lowest BCUT2D eigenvalue weighted by atomic mass is 9.89. The molecule has 1 fully saturated rings. The van der Waals surface area contributed by atoms with E-state index >= 15 is 0 Å². The Morgan fingerprint density at radius 1 is 1.28 bits per heavy atom. The molecule has 3 rings (SSSR count). The van der Waals surface area contributed by atoms with Crippen LogP contribution in [0, 0.1) is 0 Å². The van der Waals surface area contributed by atoms with Gasteiger partial charge < -0.3 is 10.3 Å². The fourth-order valence-electron chi connectivity index (χ4n) is 2.30. The molecule has 0 radical (unpaired) electrons. The summed E-state index contributed by atoms with van der Waals surface area (Å²) in [4.78, 5) is 5.73. The summed E-state index contributed by atoms with van der Waals surface area (Å²) in [5.74, 6) is 1.87. The number of hydrogen-bond acceptors (Lipinski definition) is 7. The average Bonchev–Trinajstić information content (AvgIpc) is 3.01. The minimum absolute atomic E-state index is 0.141. The zero-order valence-corrected chi connectivity index (χ0v) is 9.99. The second-order valence-corrected chi connectivity index (χ2v) is 4.56. The van der Waals surface area contributed by atoms with Crippen molar-refractivity contribution in [3.8, 4) is 0 Å². The minimum Gasteiger partial charge on any atom is -0.365 e. The Kier molecular flexibility index (Phi) is 2.91. The summed E-state index contributed by atoms with van der Waals surface area (Å²) in [6, 6.07) is 0. The molecule has 0 atom stereocenters. The molecule has 96 valence electrons. The number of anilines is 1. The molecule has 8 nitrogen and oxygen atoms in total. The summed E-state index contributed by atoms with van der Waals surface area (Å²) < 4.78 is 5.20. The van der Waals surface area contributed by atoms with Gasteiger partial charge in [-0.3, -0.25) is 0 Å². The average molecular weight is 249 g/mol. The van der Waals surface area contributed by atoms with Crippen molar-refractivity contribution in [1.29, 1.82) is 0 Å². The highest BCUT2D eigenvalue weighted by molar-refractivity contribution is 5.06. The predicted molar refractivity (Wildman–Crippen MR) is 61.5 cm³/mol. The highest BCUT2D eigenvalue weighted by Gasteiger charge is 2.21. The smallest absolute Gasteiger partial charge is 0.260 e. The number of tetrazole rings is 1. The number of hydrogen-bond donors (Lipinski definition) is 1. The maximum Gasteiger partial charge on any atom is 0.260 e. The molecule has 8 heteroatoms. The minimum atomic E-state index is 0.141. The first-order chi connectivity index (χ1) is 8.81. The van der Waals surface area contributed by atoms with E-state index in [1.165, 1.54) is 24.1 Å². The van der Waals surface area contributed by atoms with Crippen molar-refractivity contribution in [3.05, 3.63) is 11.7 Å². The Labute approximate surface area is 104 Å². The predicted octanol–water partition coefficient (Wildman–Crippen LogP) is 0.734. The van der Waals surface area contributed by atoms with Crippen molar-refractivity contribution >= 4 is 5.95 Å². The molecule has 2 heterocycles. The fraction of sp³-hybridized carbons (Fsp3) is 0.700. The lowest BCUT2D eigenvalue weighted by Gasteiger charge is -2.17. The Morgan fingerprint density at radius 3 is 2.83 bits per heavy atom. The molecule has 0 unspecified atom stereocenters. The largest absolute Gasteiger partial charge is 0.365 e. The molecule has 2 aromatic rings. The van der Waals surface area contributed by atoms with Crippen molar-refractivity contribution in [3.63, 3.8) is 0 Å². The molecule has 0 amide bonds. The standard InChI is InChI=1S/C10H15N7O/c11-10-13-16-17(14-10)6-8-12-9(15-18-8)7-4-2-1-3-5-7/h7H,1-6H2,(H2,11,14). The van der Waals surface area contributed by atoms with E-state index in [9.17, 15) is 0 Å². The lowest BCUT2D eigenvalue weighted by Crippen LogP contribution is -2.07. The number of aromatic nitrogens is 6. The van der Waals surface area contributed by atoms with Crippen LogP contribution in [-0.4, -0.2) is 30.3 Å². The second-order valence-electron chi connectivity index (χ2n) is 4.56. The van der Waals surface area contributed by atoms with E-state index < -0.39 is 0 Å². The first-order valence-corrected chi connectivity index (χ1v) is 6.17. The monoisotopic (exact) mass is 249 g/mol. The zero-order chi connectivity index (χ0) is 12.4. The first-order valence-electron chi connectivity index (χ1n) is 6.17. The Morgan fingerprint density at radius 2 is 2.11 bits per heavy atom. The molecule has 2 aromatic heterocycles. The maximum absolute atomic E-state index is 5.38. The molecule has 2 N–H and O–H groups in total. The Balaban J connectivity index is 1.69. The van der Waals surface area contributed by atoms with Gasteiger partial charge in [0.15, 0.2) is 5.82 Å². The number of nitrogens with two attached hydrogens (primary N) is 1. The summed E-state index contributed by atoms with van der Waals surface area (Å²) in [7, 11) is 0. The van der Waals surface area contributed by atoms with Crippen molar-refractivity contribution in [1.82, 2.24) is 30.3 Å². The van der Waals surface area contributed by atoms with Crippen LogP contribution in [0.4, 0.5) is 5.95 Å². The van der Waals surface area contributed by atoms with Gasteiger partial charge in [-0.1, -0.05) is 29.5 Å². The Hall–Kier alpha value is -1.99. The topological polar surface area (TPSA) is 109 Å². The van der Waals surface area contributed by atoms with Gasteiger partial charge in [0.25, 0.3) is 5.95 Å². The van der Waals surface area contributed by atoms with Crippen molar-refractivity contribution in [2.75, 3.05) is 5.73 Å². The fourth-order valence-corrected chi connectivity index (χ4v) is 2.30. The van der Waals surface area contributed by atoms with Gasteiger partial charge in [-0.15, -0.1) is 5.10 Å². The maximum atomic E-state index is 5.38. The third-order valence-corrected chi connectivity index (χ3v) is 3.20. The van der Waals surface area contributed by atoms with Crippen LogP contribution >= 0.6 is 0 Å². The van der Waals surface area contributed by atoms with Crippen LogP contribution < -0.4 is 5.73 Å². The zero-order valence-electron chi connectivity index (χ0n) is 9.99. The van der Waals surface area contributed by atoms with Crippen molar-refractivity contribution in [2.45, 2.75) is 44.6 Å². The van der Waals surface area contributed by atoms with E-state index in [2.05, 4.69) is 25.6 Å². The number of nitrogens with zero attached hydrogens (tertiary/aromatic N) is 6. The summed E-state index contributed by atoms with van der Waals surface area (Å²) in [5, 5.41) is 15.2. The van der Waals surface area contributed by atoms with E-state index in [-0.39, 0.29) is 5.95 Å². The molecule has 18 heavy (non-hydrogen) atoms. The van der Waals surface area contributed by atoms with Crippen LogP contribution in [0.3, 0.4) is 0 Å². The van der Waals surface area contributed by atoms with E-state index in [4.69, 9.17) is 10.3 Å². The van der Waals surface area contributed by atoms with E-state index in [1.807, 2.05) is 0 Å². The first kappa shape index (κ1) is 11.1. The summed E-state index contributed by atoms with van der Waals surface area (Å²) in [6.45, 7) is 0.309. The third-order valence-electron chi connectivity index (χ3n) is 3.20. The molecule has 1 aliphatic carbocycles. The van der Waals surface area contributed by atoms with Crippen LogP contribution in [0.1, 0.15) is 49.7 Å². The number of rotatable bonds is 3. The van der Waals surface area contributed by atoms with Gasteiger partial charge in [0, 0.05) is 5.92 Å². The van der Waals surface area contributed by atoms with Gasteiger partial charge in [-0.05, 0) is 18.1 Å². The molecule has 0 saturated heterocycles. The molecule has 1 saturated carbocycles. The van der Waals surface area contributed by atoms with E-state index in [0.717, 1.165) is 18.7 Å². The highest BCUT2D eigenvalue weighted by Crippen LogP contribution is 2.30. The number of nitrogen functional groups attached to an aromatic ring is 1. The van der Waals surface area contributed by atoms with Gasteiger partial charge in [-0.2, -0.15) is 9.78 Å². The quantitative estimate of drug-likeness (QED) is 0.854. The molecule has 0 bridgehead atoms. The van der Waals surface area contributed by atoms with Gasteiger partial charge in [0.05, 0.1) is 0 Å². The SMILES string of the molecule is Nc1nnn(Cc2nc(C3CCCCC3)no2)n1. The van der Waals surface area contributed by atoms with Crippen molar-refractivity contribution < 1.29 is 4.52 Å². The molecular formula is C10H15N7O. The van der Waals surface area contributed by atoms with Gasteiger partial charge in [0.2, 0.25) is 5.89 Å². The van der Waals surface area contributed by atoms with E-state index in [0.29, 0.717) is 18.4 Å². The summed E-state index contributed by atoms with van der Waals surface area (Å²) >= 11 is 0. The van der Waals surface area contributed by atoms with Gasteiger partial charge in [0.1, 0.15) is 6.54 Å². The highest BCUT2D eigenvalue weighted by atomic mass is 16.5. The van der Waals surface area contributed by atoms with Crippen LogP contribution in [0.25, 0.3) is 0 Å². The normalized spacial score (nSPS) is 17.1. The lowest BCUT2D eigenvalue weighted by molar-refractivity contribution is 0.343. The Bertz CT molecular complexity index is 514. The van der Waals surface area contributed by atoms with Crippen LogP contribution in [-0.2, 0) is 6.54 Å². The third kappa shape index (κ3) is 2.31. The molecule has 1 aliphatic rings. The molecular weight excluding hydrogens is 234 g/mol. The summed E-state index contributed by atoms with van der Waals surface area (Å²) in [5.41, 5.74) is 5.38. The molecule has 0 aromatic carbocycles. The molecule has 0 spiro atoms. The van der Waals surface area contributed by atoms with Gasteiger partial charge in [-0.25, -0.2) is 0 Å². The van der Waals surface area contributed by atoms with Gasteiger partial charge >= 0.3 is 0 Å². The van der Waals surface area contributed by atoms with Crippen LogP contribution in [0.15, 0.2) is 4.52 Å². The van der Waals surface area contributed by atoms with Crippen LogP contribution in [0.2, 0.25) is 0 Å². The van der Waals surface area contributed by atoms with E-state index in [1.54, 1.807) is 0 Å².